The number of carbonyl (C=O) groups is 2. The summed E-state index contributed by atoms with van der Waals surface area (Å²) in [4.78, 5) is 27.0. The lowest BCUT2D eigenvalue weighted by atomic mass is 9.94. The maximum absolute atomic E-state index is 11.3. The molecule has 2 aromatic heterocycles. The Balaban J connectivity index is 1.97. The second-order valence-electron chi connectivity index (χ2n) is 4.21. The van der Waals surface area contributed by atoms with Crippen molar-refractivity contribution >= 4 is 17.5 Å². The third-order valence-corrected chi connectivity index (χ3v) is 2.94. The molecule has 5 nitrogen and oxygen atoms in total. The molecule has 17 heavy (non-hydrogen) atoms. The molecule has 0 aliphatic carbocycles. The maximum Gasteiger partial charge on any atom is 0.227 e. The number of amides is 2. The summed E-state index contributed by atoms with van der Waals surface area (Å²) in [7, 11) is 0. The summed E-state index contributed by atoms with van der Waals surface area (Å²) in [5.41, 5.74) is 1.64. The third-order valence-electron chi connectivity index (χ3n) is 2.94. The van der Waals surface area contributed by atoms with Gasteiger partial charge in [0.25, 0.3) is 0 Å². The molecule has 1 aliphatic rings. The van der Waals surface area contributed by atoms with E-state index in [0.717, 1.165) is 11.3 Å². The van der Waals surface area contributed by atoms with Gasteiger partial charge in [-0.2, -0.15) is 0 Å². The van der Waals surface area contributed by atoms with E-state index >= 15 is 0 Å². The minimum absolute atomic E-state index is 0.101. The fourth-order valence-electron chi connectivity index (χ4n) is 2.14. The number of hydrogen-bond donors (Lipinski definition) is 1. The number of fused-ring (bicyclic) bond motifs is 1. The third kappa shape index (κ3) is 1.80. The highest BCUT2D eigenvalue weighted by Gasteiger charge is 2.27. The number of hydrogen-bond acceptors (Lipinski definition) is 3. The smallest absolute Gasteiger partial charge is 0.227 e. The molecule has 3 heterocycles. The fourth-order valence-corrected chi connectivity index (χ4v) is 2.14. The first-order chi connectivity index (χ1) is 8.22. The predicted molar refractivity (Wildman–Crippen MR) is 60.3 cm³/mol. The first kappa shape index (κ1) is 10.0. The molecule has 1 fully saturated rings. The van der Waals surface area contributed by atoms with Crippen LogP contribution < -0.4 is 5.32 Å². The number of piperidine rings is 1. The van der Waals surface area contributed by atoms with Gasteiger partial charge in [0.2, 0.25) is 11.8 Å². The summed E-state index contributed by atoms with van der Waals surface area (Å²) in [6.07, 6.45) is 4.44. The number of rotatable bonds is 1. The SMILES string of the molecule is O=C1CC(c2cn3ccccc3n2)CC(=O)N1. The molecule has 5 heteroatoms. The van der Waals surface area contributed by atoms with Crippen LogP contribution in [0.3, 0.4) is 0 Å². The second kappa shape index (κ2) is 3.69. The largest absolute Gasteiger partial charge is 0.307 e. The summed E-state index contributed by atoms with van der Waals surface area (Å²) < 4.78 is 1.90. The Hall–Kier alpha value is -2.17. The minimum Gasteiger partial charge on any atom is -0.307 e. The Morgan fingerprint density at radius 2 is 2.00 bits per heavy atom. The number of nitrogens with zero attached hydrogens (tertiary/aromatic N) is 2. The normalized spacial score (nSPS) is 17.4. The van der Waals surface area contributed by atoms with E-state index in [1.807, 2.05) is 35.0 Å². The van der Waals surface area contributed by atoms with E-state index in [0.29, 0.717) is 12.8 Å². The number of imide groups is 1. The van der Waals surface area contributed by atoms with Crippen LogP contribution in [-0.4, -0.2) is 21.2 Å². The highest BCUT2D eigenvalue weighted by molar-refractivity contribution is 5.98. The number of carbonyl (C=O) groups excluding carboxylic acids is 2. The van der Waals surface area contributed by atoms with E-state index < -0.39 is 0 Å². The molecule has 0 spiro atoms. The van der Waals surface area contributed by atoms with Gasteiger partial charge >= 0.3 is 0 Å². The molecule has 2 amide bonds. The van der Waals surface area contributed by atoms with Crippen LogP contribution in [0.4, 0.5) is 0 Å². The van der Waals surface area contributed by atoms with Gasteiger partial charge in [0.05, 0.1) is 5.69 Å². The quantitative estimate of drug-likeness (QED) is 0.737. The zero-order valence-corrected chi connectivity index (χ0v) is 9.09. The summed E-state index contributed by atoms with van der Waals surface area (Å²) in [5.74, 6) is -0.539. The first-order valence-corrected chi connectivity index (χ1v) is 5.49. The van der Waals surface area contributed by atoms with Crippen molar-refractivity contribution in [2.45, 2.75) is 18.8 Å². The highest BCUT2D eigenvalue weighted by Crippen LogP contribution is 2.25. The van der Waals surface area contributed by atoms with Gasteiger partial charge in [0.1, 0.15) is 5.65 Å². The average Bonchev–Trinajstić information content (AvgIpc) is 2.71. The van der Waals surface area contributed by atoms with E-state index in [4.69, 9.17) is 0 Å². The van der Waals surface area contributed by atoms with Gasteiger partial charge < -0.3 is 4.40 Å². The topological polar surface area (TPSA) is 63.5 Å². The van der Waals surface area contributed by atoms with Gasteiger partial charge in [0.15, 0.2) is 0 Å². The van der Waals surface area contributed by atoms with Crippen LogP contribution in [0.2, 0.25) is 0 Å². The molecule has 86 valence electrons. The number of nitrogens with one attached hydrogen (secondary N) is 1. The van der Waals surface area contributed by atoms with Crippen LogP contribution in [0, 0.1) is 0 Å². The summed E-state index contributed by atoms with van der Waals surface area (Å²) in [6, 6.07) is 5.72. The molecular formula is C12H11N3O2. The standard InChI is InChI=1S/C12H11N3O2/c16-11-5-8(6-12(17)14-11)9-7-15-4-2-1-3-10(15)13-9/h1-4,7-8H,5-6H2,(H,14,16,17). The van der Waals surface area contributed by atoms with E-state index in [2.05, 4.69) is 10.3 Å². The van der Waals surface area contributed by atoms with Gasteiger partial charge in [-0.15, -0.1) is 0 Å². The Labute approximate surface area is 97.5 Å². The van der Waals surface area contributed by atoms with Crippen LogP contribution in [0.5, 0.6) is 0 Å². The monoisotopic (exact) mass is 229 g/mol. The van der Waals surface area contributed by atoms with Gasteiger partial charge in [-0.3, -0.25) is 14.9 Å². The van der Waals surface area contributed by atoms with Gasteiger partial charge in [-0.1, -0.05) is 6.07 Å². The van der Waals surface area contributed by atoms with E-state index in [1.54, 1.807) is 0 Å². The molecular weight excluding hydrogens is 218 g/mol. The molecule has 0 aromatic carbocycles. The van der Waals surface area contributed by atoms with Crippen LogP contribution in [-0.2, 0) is 9.59 Å². The Bertz CT molecular complexity index is 554. The zero-order valence-electron chi connectivity index (χ0n) is 9.09. The molecule has 0 saturated carbocycles. The van der Waals surface area contributed by atoms with Crippen LogP contribution in [0.15, 0.2) is 30.6 Å². The average molecular weight is 229 g/mol. The van der Waals surface area contributed by atoms with Crippen LogP contribution in [0.25, 0.3) is 5.65 Å². The van der Waals surface area contributed by atoms with Crippen molar-refractivity contribution in [2.24, 2.45) is 0 Å². The van der Waals surface area contributed by atoms with Crippen molar-refractivity contribution in [2.75, 3.05) is 0 Å². The lowest BCUT2D eigenvalue weighted by molar-refractivity contribution is -0.133. The Morgan fingerprint density at radius 1 is 1.24 bits per heavy atom. The summed E-state index contributed by atoms with van der Waals surface area (Å²) >= 11 is 0. The number of imidazole rings is 1. The number of aromatic nitrogens is 2. The molecule has 3 rings (SSSR count). The second-order valence-corrected chi connectivity index (χ2v) is 4.21. The molecule has 2 aromatic rings. The van der Waals surface area contributed by atoms with Gasteiger partial charge in [0, 0.05) is 31.2 Å². The lowest BCUT2D eigenvalue weighted by Gasteiger charge is -2.18. The van der Waals surface area contributed by atoms with Crippen molar-refractivity contribution < 1.29 is 9.59 Å². The summed E-state index contributed by atoms with van der Waals surface area (Å²) in [5, 5.41) is 2.30. The predicted octanol–water partition coefficient (Wildman–Crippen LogP) is 0.854. The Kier molecular flexibility index (Phi) is 2.18. The molecule has 0 atom stereocenters. The lowest BCUT2D eigenvalue weighted by Crippen LogP contribution is -2.37. The minimum atomic E-state index is -0.219. The van der Waals surface area contributed by atoms with E-state index in [1.165, 1.54) is 0 Å². The zero-order chi connectivity index (χ0) is 11.8. The molecule has 1 saturated heterocycles. The fraction of sp³-hybridized carbons (Fsp3) is 0.250. The molecule has 1 N–H and O–H groups in total. The van der Waals surface area contributed by atoms with Crippen molar-refractivity contribution in [3.8, 4) is 0 Å². The van der Waals surface area contributed by atoms with Gasteiger partial charge in [-0.25, -0.2) is 4.98 Å². The number of pyridine rings is 1. The van der Waals surface area contributed by atoms with Gasteiger partial charge in [-0.05, 0) is 12.1 Å². The van der Waals surface area contributed by atoms with Crippen molar-refractivity contribution in [1.29, 1.82) is 0 Å². The summed E-state index contributed by atoms with van der Waals surface area (Å²) in [6.45, 7) is 0. The van der Waals surface area contributed by atoms with Crippen molar-refractivity contribution in [3.63, 3.8) is 0 Å². The van der Waals surface area contributed by atoms with Crippen molar-refractivity contribution in [1.82, 2.24) is 14.7 Å². The highest BCUT2D eigenvalue weighted by atomic mass is 16.2. The molecule has 1 aliphatic heterocycles. The first-order valence-electron chi connectivity index (χ1n) is 5.49. The molecule has 0 unspecified atom stereocenters. The van der Waals surface area contributed by atoms with Crippen LogP contribution in [0.1, 0.15) is 24.5 Å². The maximum atomic E-state index is 11.3. The van der Waals surface area contributed by atoms with Crippen LogP contribution >= 0.6 is 0 Å². The van der Waals surface area contributed by atoms with Crippen molar-refractivity contribution in [3.05, 3.63) is 36.3 Å². The van der Waals surface area contributed by atoms with E-state index in [-0.39, 0.29) is 17.7 Å². The molecule has 0 radical (unpaired) electrons. The molecule has 0 bridgehead atoms. The Morgan fingerprint density at radius 3 is 2.71 bits per heavy atom. The van der Waals surface area contributed by atoms with E-state index in [9.17, 15) is 9.59 Å².